The van der Waals surface area contributed by atoms with Gasteiger partial charge in [0.2, 0.25) is 5.91 Å². The fourth-order valence-corrected chi connectivity index (χ4v) is 4.27. The average Bonchev–Trinajstić information content (AvgIpc) is 3.17. The second-order valence-electron chi connectivity index (χ2n) is 8.35. The molecule has 1 aliphatic heterocycles. The van der Waals surface area contributed by atoms with Crippen LogP contribution < -0.4 is 5.73 Å². The number of rotatable bonds is 5. The molecule has 1 fully saturated rings. The molecule has 1 aromatic carbocycles. The molecule has 0 spiro atoms. The monoisotopic (exact) mass is 460 g/mol. The van der Waals surface area contributed by atoms with Crippen LogP contribution >= 0.6 is 0 Å². The molecule has 33 heavy (non-hydrogen) atoms. The molecular weight excluding hydrogens is 437 g/mol. The van der Waals surface area contributed by atoms with Crippen LogP contribution in [0.2, 0.25) is 0 Å². The highest BCUT2D eigenvalue weighted by atomic mass is 19.4. The van der Waals surface area contributed by atoms with E-state index in [1.54, 1.807) is 11.8 Å². The van der Waals surface area contributed by atoms with Crippen molar-refractivity contribution in [2.45, 2.75) is 38.8 Å². The minimum Gasteiger partial charge on any atom is -0.370 e. The SMILES string of the molecule is Cc1noc2nc(-c3cccc(C(F)(F)F)c3)cc(C(=O)N3CCCC(CCC(N)=O)C3)c12. The van der Waals surface area contributed by atoms with Gasteiger partial charge in [-0.3, -0.25) is 9.59 Å². The van der Waals surface area contributed by atoms with Gasteiger partial charge in [-0.1, -0.05) is 17.3 Å². The minimum absolute atomic E-state index is 0.0908. The number of hydrogen-bond acceptors (Lipinski definition) is 5. The number of benzene rings is 1. The Morgan fingerprint density at radius 3 is 2.79 bits per heavy atom. The van der Waals surface area contributed by atoms with E-state index >= 15 is 0 Å². The molecule has 174 valence electrons. The smallest absolute Gasteiger partial charge is 0.370 e. The lowest BCUT2D eigenvalue weighted by Gasteiger charge is -2.33. The molecule has 1 saturated heterocycles. The predicted octanol–water partition coefficient (Wildman–Crippen LogP) is 4.33. The van der Waals surface area contributed by atoms with Crippen LogP contribution in [0.15, 0.2) is 34.9 Å². The Morgan fingerprint density at radius 2 is 2.06 bits per heavy atom. The van der Waals surface area contributed by atoms with Crippen LogP contribution in [-0.2, 0) is 11.0 Å². The van der Waals surface area contributed by atoms with Crippen LogP contribution in [0.3, 0.4) is 0 Å². The standard InChI is InChI=1S/C23H23F3N4O3/c1-13-20-17(22(32)30-9-3-4-14(12-30)7-8-19(27)31)11-18(28-21(20)33-29-13)15-5-2-6-16(10-15)23(24,25)26/h2,5-6,10-11,14H,3-4,7-9,12H2,1H3,(H2,27,31). The van der Waals surface area contributed by atoms with E-state index in [-0.39, 0.29) is 46.7 Å². The van der Waals surface area contributed by atoms with Crippen LogP contribution in [0, 0.1) is 12.8 Å². The van der Waals surface area contributed by atoms with Crippen molar-refractivity contribution in [3.05, 3.63) is 47.2 Å². The number of alkyl halides is 3. The molecule has 2 N–H and O–H groups in total. The highest BCUT2D eigenvalue weighted by Crippen LogP contribution is 2.34. The molecule has 2 amide bonds. The number of aromatic nitrogens is 2. The topological polar surface area (TPSA) is 102 Å². The van der Waals surface area contributed by atoms with Crippen LogP contribution in [0.1, 0.15) is 47.3 Å². The van der Waals surface area contributed by atoms with Gasteiger partial charge in [0.15, 0.2) is 0 Å². The Bertz CT molecular complexity index is 1210. The average molecular weight is 460 g/mol. The van der Waals surface area contributed by atoms with Gasteiger partial charge in [-0.2, -0.15) is 13.2 Å². The Kier molecular flexibility index (Phi) is 6.09. The van der Waals surface area contributed by atoms with E-state index in [9.17, 15) is 22.8 Å². The van der Waals surface area contributed by atoms with Crippen LogP contribution in [-0.4, -0.2) is 39.9 Å². The maximum atomic E-state index is 13.5. The highest BCUT2D eigenvalue weighted by molar-refractivity contribution is 6.07. The first-order valence-corrected chi connectivity index (χ1v) is 10.7. The number of aryl methyl sites for hydroxylation is 1. The zero-order chi connectivity index (χ0) is 23.8. The Labute approximate surface area is 187 Å². The largest absolute Gasteiger partial charge is 0.416 e. The summed E-state index contributed by atoms with van der Waals surface area (Å²) in [7, 11) is 0. The molecule has 2 aromatic heterocycles. The summed E-state index contributed by atoms with van der Waals surface area (Å²) in [6.07, 6.45) is -1.96. The fourth-order valence-electron chi connectivity index (χ4n) is 4.27. The number of hydrogen-bond donors (Lipinski definition) is 1. The maximum Gasteiger partial charge on any atom is 0.416 e. The molecule has 1 atom stereocenters. The van der Waals surface area contributed by atoms with Crippen LogP contribution in [0.5, 0.6) is 0 Å². The summed E-state index contributed by atoms with van der Waals surface area (Å²) in [5.74, 6) is -0.496. The molecule has 3 aromatic rings. The number of fused-ring (bicyclic) bond motifs is 1. The van der Waals surface area contributed by atoms with Crippen molar-refractivity contribution in [1.82, 2.24) is 15.0 Å². The van der Waals surface area contributed by atoms with E-state index in [2.05, 4.69) is 10.1 Å². The molecule has 0 saturated carbocycles. The van der Waals surface area contributed by atoms with Gasteiger partial charge in [0.25, 0.3) is 11.6 Å². The van der Waals surface area contributed by atoms with Crippen LogP contribution in [0.25, 0.3) is 22.4 Å². The molecule has 0 radical (unpaired) electrons. The third-order valence-electron chi connectivity index (χ3n) is 5.94. The zero-order valence-electron chi connectivity index (χ0n) is 18.0. The Balaban J connectivity index is 1.71. The molecule has 3 heterocycles. The third-order valence-corrected chi connectivity index (χ3v) is 5.94. The number of carbonyl (C=O) groups is 2. The van der Waals surface area contributed by atoms with E-state index in [1.807, 2.05) is 0 Å². The quantitative estimate of drug-likeness (QED) is 0.610. The van der Waals surface area contributed by atoms with Crippen LogP contribution in [0.4, 0.5) is 13.2 Å². The number of halogens is 3. The van der Waals surface area contributed by atoms with Gasteiger partial charge in [-0.25, -0.2) is 4.98 Å². The van der Waals surface area contributed by atoms with E-state index in [0.29, 0.717) is 30.6 Å². The van der Waals surface area contributed by atoms with Crippen molar-refractivity contribution >= 4 is 22.9 Å². The summed E-state index contributed by atoms with van der Waals surface area (Å²) in [6, 6.07) is 6.27. The lowest BCUT2D eigenvalue weighted by molar-refractivity contribution is -0.137. The van der Waals surface area contributed by atoms with Crippen molar-refractivity contribution in [3.8, 4) is 11.3 Å². The minimum atomic E-state index is -4.50. The number of piperidine rings is 1. The lowest BCUT2D eigenvalue weighted by atomic mass is 9.92. The molecule has 0 bridgehead atoms. The van der Waals surface area contributed by atoms with Crippen molar-refractivity contribution in [1.29, 1.82) is 0 Å². The molecule has 1 aliphatic rings. The summed E-state index contributed by atoms with van der Waals surface area (Å²) in [6.45, 7) is 2.69. The first kappa shape index (κ1) is 22.8. The molecule has 0 aliphatic carbocycles. The third kappa shape index (κ3) is 4.84. The fraction of sp³-hybridized carbons (Fsp3) is 0.391. The van der Waals surface area contributed by atoms with Gasteiger partial charge in [0, 0.05) is 25.1 Å². The first-order valence-electron chi connectivity index (χ1n) is 10.7. The molecule has 1 unspecified atom stereocenters. The van der Waals surface area contributed by atoms with E-state index < -0.39 is 11.7 Å². The first-order chi connectivity index (χ1) is 15.6. The number of pyridine rings is 1. The zero-order valence-corrected chi connectivity index (χ0v) is 18.0. The van der Waals surface area contributed by atoms with Gasteiger partial charge in [0.1, 0.15) is 0 Å². The number of nitrogens with two attached hydrogens (primary N) is 1. The number of likely N-dealkylation sites (tertiary alicyclic amines) is 1. The van der Waals surface area contributed by atoms with E-state index in [0.717, 1.165) is 25.0 Å². The van der Waals surface area contributed by atoms with E-state index in [4.69, 9.17) is 10.3 Å². The van der Waals surface area contributed by atoms with Gasteiger partial charge in [0.05, 0.1) is 27.9 Å². The highest BCUT2D eigenvalue weighted by Gasteiger charge is 2.31. The number of carbonyl (C=O) groups excluding carboxylic acids is 2. The normalized spacial score (nSPS) is 16.8. The number of primary amides is 1. The second-order valence-corrected chi connectivity index (χ2v) is 8.35. The van der Waals surface area contributed by atoms with Crippen molar-refractivity contribution in [2.75, 3.05) is 13.1 Å². The summed E-state index contributed by atoms with van der Waals surface area (Å²) in [4.78, 5) is 30.7. The summed E-state index contributed by atoms with van der Waals surface area (Å²) < 4.78 is 44.9. The Morgan fingerprint density at radius 1 is 1.27 bits per heavy atom. The number of nitrogens with zero attached hydrogens (tertiary/aromatic N) is 3. The van der Waals surface area contributed by atoms with Crippen molar-refractivity contribution in [2.24, 2.45) is 11.7 Å². The Hall–Kier alpha value is -3.43. The van der Waals surface area contributed by atoms with Gasteiger partial charge >= 0.3 is 6.18 Å². The summed E-state index contributed by atoms with van der Waals surface area (Å²) >= 11 is 0. The molecule has 7 nitrogen and oxygen atoms in total. The molecule has 4 rings (SSSR count). The van der Waals surface area contributed by atoms with Crippen molar-refractivity contribution < 1.29 is 27.3 Å². The number of amides is 2. The van der Waals surface area contributed by atoms with Gasteiger partial charge < -0.3 is 15.2 Å². The molecular formula is C23H23F3N4O3. The van der Waals surface area contributed by atoms with Crippen molar-refractivity contribution in [3.63, 3.8) is 0 Å². The summed E-state index contributed by atoms with van der Waals surface area (Å²) in [5.41, 5.74) is 5.70. The second kappa shape index (κ2) is 8.84. The van der Waals surface area contributed by atoms with E-state index in [1.165, 1.54) is 18.2 Å². The molecule has 10 heteroatoms. The summed E-state index contributed by atoms with van der Waals surface area (Å²) in [5, 5.41) is 4.34. The maximum absolute atomic E-state index is 13.5. The van der Waals surface area contributed by atoms with Gasteiger partial charge in [-0.15, -0.1) is 0 Å². The lowest BCUT2D eigenvalue weighted by Crippen LogP contribution is -2.40. The van der Waals surface area contributed by atoms with Gasteiger partial charge in [-0.05, 0) is 50.3 Å². The predicted molar refractivity (Wildman–Crippen MR) is 114 cm³/mol.